The molecule has 0 aromatic heterocycles. The van der Waals surface area contributed by atoms with Crippen molar-refractivity contribution in [2.45, 2.75) is 13.0 Å². The van der Waals surface area contributed by atoms with Gasteiger partial charge in [-0.25, -0.2) is 0 Å². The standard InChI is InChI=1S/C15H25N3O2/c1-16-9-6-10-18(2)12-15(19)17-11-13-7-4-5-8-14(13)20-3/h4-5,7-8,16H,6,9-12H2,1-3H3,(H,17,19). The second kappa shape index (κ2) is 9.34. The van der Waals surface area contributed by atoms with Crippen molar-refractivity contribution < 1.29 is 9.53 Å². The molecular formula is C15H25N3O2. The number of methoxy groups -OCH3 is 1. The molecule has 1 aromatic rings. The Bertz CT molecular complexity index is 410. The lowest BCUT2D eigenvalue weighted by molar-refractivity contribution is -0.122. The zero-order valence-corrected chi connectivity index (χ0v) is 12.6. The van der Waals surface area contributed by atoms with Crippen LogP contribution in [0, 0.1) is 0 Å². The minimum absolute atomic E-state index is 0.0304. The van der Waals surface area contributed by atoms with E-state index in [2.05, 4.69) is 10.6 Å². The van der Waals surface area contributed by atoms with E-state index in [1.165, 1.54) is 0 Å². The van der Waals surface area contributed by atoms with Gasteiger partial charge in [0.1, 0.15) is 5.75 Å². The van der Waals surface area contributed by atoms with E-state index in [0.717, 1.165) is 30.8 Å². The van der Waals surface area contributed by atoms with Crippen LogP contribution in [-0.2, 0) is 11.3 Å². The van der Waals surface area contributed by atoms with E-state index < -0.39 is 0 Å². The van der Waals surface area contributed by atoms with Crippen LogP contribution >= 0.6 is 0 Å². The molecule has 20 heavy (non-hydrogen) atoms. The molecule has 112 valence electrons. The summed E-state index contributed by atoms with van der Waals surface area (Å²) < 4.78 is 5.26. The van der Waals surface area contributed by atoms with Crippen molar-refractivity contribution in [2.24, 2.45) is 0 Å². The molecule has 1 amide bonds. The molecule has 2 N–H and O–H groups in total. The Hall–Kier alpha value is -1.59. The molecule has 0 atom stereocenters. The van der Waals surface area contributed by atoms with Crippen LogP contribution in [-0.4, -0.2) is 51.6 Å². The summed E-state index contributed by atoms with van der Waals surface area (Å²) in [5.41, 5.74) is 0.987. The maximum absolute atomic E-state index is 11.8. The van der Waals surface area contributed by atoms with Gasteiger partial charge in [-0.1, -0.05) is 18.2 Å². The van der Waals surface area contributed by atoms with E-state index in [1.807, 2.05) is 43.3 Å². The van der Waals surface area contributed by atoms with Crippen LogP contribution in [0.3, 0.4) is 0 Å². The number of carbonyl (C=O) groups is 1. The molecule has 1 rings (SSSR count). The lowest BCUT2D eigenvalue weighted by atomic mass is 10.2. The van der Waals surface area contributed by atoms with Gasteiger partial charge >= 0.3 is 0 Å². The fourth-order valence-corrected chi connectivity index (χ4v) is 1.95. The topological polar surface area (TPSA) is 53.6 Å². The van der Waals surface area contributed by atoms with E-state index in [-0.39, 0.29) is 5.91 Å². The number of para-hydroxylation sites is 1. The quantitative estimate of drug-likeness (QED) is 0.658. The van der Waals surface area contributed by atoms with Crippen molar-refractivity contribution in [3.05, 3.63) is 29.8 Å². The molecule has 0 fully saturated rings. The predicted molar refractivity (Wildman–Crippen MR) is 80.9 cm³/mol. The van der Waals surface area contributed by atoms with Gasteiger partial charge in [-0.3, -0.25) is 9.69 Å². The van der Waals surface area contributed by atoms with Crippen LogP contribution in [0.4, 0.5) is 0 Å². The van der Waals surface area contributed by atoms with E-state index in [0.29, 0.717) is 13.1 Å². The van der Waals surface area contributed by atoms with Crippen LogP contribution in [0.15, 0.2) is 24.3 Å². The lowest BCUT2D eigenvalue weighted by Crippen LogP contribution is -2.35. The highest BCUT2D eigenvalue weighted by Gasteiger charge is 2.07. The highest BCUT2D eigenvalue weighted by molar-refractivity contribution is 5.78. The van der Waals surface area contributed by atoms with E-state index in [4.69, 9.17) is 4.74 Å². The Kier molecular flexibility index (Phi) is 7.69. The summed E-state index contributed by atoms with van der Waals surface area (Å²) in [5, 5.41) is 6.01. The van der Waals surface area contributed by atoms with Gasteiger partial charge < -0.3 is 15.4 Å². The normalized spacial score (nSPS) is 10.6. The van der Waals surface area contributed by atoms with Crippen molar-refractivity contribution in [3.8, 4) is 5.75 Å². The van der Waals surface area contributed by atoms with Gasteiger partial charge in [0.2, 0.25) is 5.91 Å². The van der Waals surface area contributed by atoms with Gasteiger partial charge in [-0.05, 0) is 39.7 Å². The number of benzene rings is 1. The van der Waals surface area contributed by atoms with Crippen molar-refractivity contribution in [2.75, 3.05) is 40.8 Å². The molecule has 5 nitrogen and oxygen atoms in total. The Balaban J connectivity index is 2.32. The maximum atomic E-state index is 11.8. The molecule has 0 bridgehead atoms. The molecule has 0 aliphatic heterocycles. The van der Waals surface area contributed by atoms with Crippen LogP contribution < -0.4 is 15.4 Å². The summed E-state index contributed by atoms with van der Waals surface area (Å²) in [6.07, 6.45) is 1.03. The molecule has 0 spiro atoms. The van der Waals surface area contributed by atoms with Gasteiger partial charge in [0.15, 0.2) is 0 Å². The zero-order valence-electron chi connectivity index (χ0n) is 12.6. The van der Waals surface area contributed by atoms with Crippen LogP contribution in [0.25, 0.3) is 0 Å². The zero-order chi connectivity index (χ0) is 14.8. The maximum Gasteiger partial charge on any atom is 0.234 e. The van der Waals surface area contributed by atoms with E-state index >= 15 is 0 Å². The molecule has 0 aliphatic carbocycles. The smallest absolute Gasteiger partial charge is 0.234 e. The summed E-state index contributed by atoms with van der Waals surface area (Å²) in [6.45, 7) is 2.78. The number of amides is 1. The molecule has 0 heterocycles. The summed E-state index contributed by atoms with van der Waals surface area (Å²) in [4.78, 5) is 13.9. The van der Waals surface area contributed by atoms with Gasteiger partial charge in [-0.15, -0.1) is 0 Å². The first-order valence-corrected chi connectivity index (χ1v) is 6.89. The number of nitrogens with one attached hydrogen (secondary N) is 2. The minimum Gasteiger partial charge on any atom is -0.496 e. The van der Waals surface area contributed by atoms with Gasteiger partial charge in [-0.2, -0.15) is 0 Å². The van der Waals surface area contributed by atoms with Crippen molar-refractivity contribution in [1.82, 2.24) is 15.5 Å². The number of carbonyl (C=O) groups excluding carboxylic acids is 1. The second-order valence-electron chi connectivity index (χ2n) is 4.78. The first kappa shape index (κ1) is 16.5. The molecule has 0 saturated carbocycles. The van der Waals surface area contributed by atoms with Crippen molar-refractivity contribution >= 4 is 5.91 Å². The van der Waals surface area contributed by atoms with Gasteiger partial charge in [0, 0.05) is 12.1 Å². The third-order valence-electron chi connectivity index (χ3n) is 3.05. The van der Waals surface area contributed by atoms with E-state index in [1.54, 1.807) is 7.11 Å². The second-order valence-corrected chi connectivity index (χ2v) is 4.78. The minimum atomic E-state index is 0.0304. The molecule has 0 radical (unpaired) electrons. The SMILES string of the molecule is CNCCCN(C)CC(=O)NCc1ccccc1OC. The number of hydrogen-bond donors (Lipinski definition) is 2. The summed E-state index contributed by atoms with van der Waals surface area (Å²) in [7, 11) is 5.52. The molecule has 0 saturated heterocycles. The summed E-state index contributed by atoms with van der Waals surface area (Å²) in [5.74, 6) is 0.832. The lowest BCUT2D eigenvalue weighted by Gasteiger charge is -2.16. The Morgan fingerprint density at radius 2 is 2.10 bits per heavy atom. The third-order valence-corrected chi connectivity index (χ3v) is 3.05. The third kappa shape index (κ3) is 6.04. The average Bonchev–Trinajstić information content (AvgIpc) is 2.45. The number of hydrogen-bond acceptors (Lipinski definition) is 4. The first-order valence-electron chi connectivity index (χ1n) is 6.89. The Morgan fingerprint density at radius 1 is 1.35 bits per heavy atom. The van der Waals surface area contributed by atoms with Crippen LogP contribution in [0.2, 0.25) is 0 Å². The first-order chi connectivity index (χ1) is 9.67. The summed E-state index contributed by atoms with van der Waals surface area (Å²) >= 11 is 0. The molecule has 0 aliphatic rings. The molecule has 1 aromatic carbocycles. The molecular weight excluding hydrogens is 254 g/mol. The van der Waals surface area contributed by atoms with Crippen LogP contribution in [0.5, 0.6) is 5.75 Å². The fourth-order valence-electron chi connectivity index (χ4n) is 1.95. The van der Waals surface area contributed by atoms with Gasteiger partial charge in [0.05, 0.1) is 13.7 Å². The average molecular weight is 279 g/mol. The number of nitrogens with zero attached hydrogens (tertiary/aromatic N) is 1. The predicted octanol–water partition coefficient (Wildman–Crippen LogP) is 0.853. The number of rotatable bonds is 9. The monoisotopic (exact) mass is 279 g/mol. The van der Waals surface area contributed by atoms with E-state index in [9.17, 15) is 4.79 Å². The Labute approximate surface area is 121 Å². The highest BCUT2D eigenvalue weighted by Crippen LogP contribution is 2.16. The molecule has 0 unspecified atom stereocenters. The van der Waals surface area contributed by atoms with Crippen molar-refractivity contribution in [3.63, 3.8) is 0 Å². The Morgan fingerprint density at radius 3 is 2.80 bits per heavy atom. The highest BCUT2D eigenvalue weighted by atomic mass is 16.5. The van der Waals surface area contributed by atoms with Gasteiger partial charge in [0.25, 0.3) is 0 Å². The largest absolute Gasteiger partial charge is 0.496 e. The fraction of sp³-hybridized carbons (Fsp3) is 0.533. The molecule has 5 heteroatoms. The summed E-state index contributed by atoms with van der Waals surface area (Å²) in [6, 6.07) is 7.70. The van der Waals surface area contributed by atoms with Crippen LogP contribution in [0.1, 0.15) is 12.0 Å². The number of ether oxygens (including phenoxy) is 1. The van der Waals surface area contributed by atoms with Crippen molar-refractivity contribution in [1.29, 1.82) is 0 Å². The number of likely N-dealkylation sites (N-methyl/N-ethyl adjacent to an activating group) is 1.